The SMILES string of the molecule is CCCCCCCOc1ccc(-c2cnc(-c3ccc(CC(NC(=O)c4cnn(C(C)(C)C)c4)C(=O)O)cc3)nc2)cc1. The van der Waals surface area contributed by atoms with Gasteiger partial charge >= 0.3 is 5.97 Å². The lowest BCUT2D eigenvalue weighted by Crippen LogP contribution is -2.42. The second kappa shape index (κ2) is 14.6. The molecule has 2 aromatic carbocycles. The Labute approximate surface area is 253 Å². The first-order valence-corrected chi connectivity index (χ1v) is 14.9. The Morgan fingerprint density at radius 2 is 1.53 bits per heavy atom. The van der Waals surface area contributed by atoms with Gasteiger partial charge in [0.15, 0.2) is 5.82 Å². The van der Waals surface area contributed by atoms with Gasteiger partial charge in [-0.2, -0.15) is 5.10 Å². The lowest BCUT2D eigenvalue weighted by Gasteiger charge is -2.18. The Morgan fingerprint density at radius 3 is 2.14 bits per heavy atom. The number of hydrogen-bond donors (Lipinski definition) is 2. The highest BCUT2D eigenvalue weighted by Gasteiger charge is 2.23. The van der Waals surface area contributed by atoms with Crippen molar-refractivity contribution in [2.24, 2.45) is 0 Å². The molecule has 0 radical (unpaired) electrons. The van der Waals surface area contributed by atoms with Crippen LogP contribution in [0.3, 0.4) is 0 Å². The standard InChI is InChI=1S/C34H41N5O4/c1-5-6-7-8-9-18-43-29-16-14-25(15-17-29)27-20-35-31(36-21-27)26-12-10-24(11-13-26)19-30(33(41)42)38-32(40)28-22-37-39(23-28)34(2,3)4/h10-17,20-23,30H,5-9,18-19H2,1-4H3,(H,38,40)(H,41,42). The number of benzene rings is 2. The van der Waals surface area contributed by atoms with Crippen LogP contribution in [-0.4, -0.2) is 49.4 Å². The van der Waals surface area contributed by atoms with Crippen LogP contribution in [0.1, 0.15) is 75.7 Å². The van der Waals surface area contributed by atoms with Crippen molar-refractivity contribution >= 4 is 11.9 Å². The summed E-state index contributed by atoms with van der Waals surface area (Å²) in [6.45, 7) is 8.85. The van der Waals surface area contributed by atoms with Crippen molar-refractivity contribution in [2.75, 3.05) is 6.61 Å². The summed E-state index contributed by atoms with van der Waals surface area (Å²) in [5.74, 6) is -0.162. The van der Waals surface area contributed by atoms with E-state index in [4.69, 9.17) is 4.74 Å². The van der Waals surface area contributed by atoms with Gasteiger partial charge in [-0.1, -0.05) is 69.0 Å². The van der Waals surface area contributed by atoms with Crippen molar-refractivity contribution in [3.8, 4) is 28.3 Å². The van der Waals surface area contributed by atoms with E-state index < -0.39 is 17.9 Å². The topological polar surface area (TPSA) is 119 Å². The zero-order valence-corrected chi connectivity index (χ0v) is 25.4. The van der Waals surface area contributed by atoms with Gasteiger partial charge in [0.2, 0.25) is 0 Å². The molecule has 0 spiro atoms. The molecule has 2 N–H and O–H groups in total. The Hall–Kier alpha value is -4.53. The van der Waals surface area contributed by atoms with E-state index in [-0.39, 0.29) is 12.0 Å². The van der Waals surface area contributed by atoms with E-state index in [1.807, 2.05) is 69.3 Å². The maximum absolute atomic E-state index is 12.7. The van der Waals surface area contributed by atoms with Crippen LogP contribution < -0.4 is 10.1 Å². The molecule has 0 aliphatic carbocycles. The van der Waals surface area contributed by atoms with Crippen molar-refractivity contribution in [2.45, 2.75) is 77.8 Å². The minimum Gasteiger partial charge on any atom is -0.494 e. The van der Waals surface area contributed by atoms with Crippen LogP contribution in [0.4, 0.5) is 0 Å². The van der Waals surface area contributed by atoms with Crippen LogP contribution >= 0.6 is 0 Å². The van der Waals surface area contributed by atoms with Gasteiger partial charge in [0.1, 0.15) is 11.8 Å². The van der Waals surface area contributed by atoms with Gasteiger partial charge in [-0.05, 0) is 50.5 Å². The Balaban J connectivity index is 1.32. The number of nitrogens with one attached hydrogen (secondary N) is 1. The fraction of sp³-hybridized carbons (Fsp3) is 0.382. The fourth-order valence-electron chi connectivity index (χ4n) is 4.54. The van der Waals surface area contributed by atoms with E-state index in [9.17, 15) is 14.7 Å². The minimum atomic E-state index is -1.11. The quantitative estimate of drug-likeness (QED) is 0.162. The molecule has 226 valence electrons. The average Bonchev–Trinajstić information content (AvgIpc) is 3.51. The van der Waals surface area contributed by atoms with Crippen molar-refractivity contribution in [3.05, 3.63) is 84.4 Å². The number of carboxylic acids is 1. The molecule has 4 aromatic rings. The lowest BCUT2D eigenvalue weighted by atomic mass is 10.0. The highest BCUT2D eigenvalue weighted by atomic mass is 16.5. The van der Waals surface area contributed by atoms with Gasteiger partial charge in [0, 0.05) is 36.1 Å². The van der Waals surface area contributed by atoms with Crippen molar-refractivity contribution in [1.82, 2.24) is 25.1 Å². The number of nitrogens with zero attached hydrogens (tertiary/aromatic N) is 4. The number of ether oxygens (including phenoxy) is 1. The normalized spacial score (nSPS) is 12.1. The van der Waals surface area contributed by atoms with Crippen LogP contribution in [0.15, 0.2) is 73.3 Å². The van der Waals surface area contributed by atoms with Gasteiger partial charge in [0.05, 0.1) is 23.9 Å². The second-order valence-corrected chi connectivity index (χ2v) is 11.7. The number of amides is 1. The number of carbonyl (C=O) groups is 2. The third-order valence-corrected chi connectivity index (χ3v) is 7.14. The summed E-state index contributed by atoms with van der Waals surface area (Å²) in [4.78, 5) is 33.7. The summed E-state index contributed by atoms with van der Waals surface area (Å²) in [7, 11) is 0. The van der Waals surface area contributed by atoms with Gasteiger partial charge in [-0.15, -0.1) is 0 Å². The number of rotatable bonds is 14. The lowest BCUT2D eigenvalue weighted by molar-refractivity contribution is -0.139. The smallest absolute Gasteiger partial charge is 0.326 e. The maximum atomic E-state index is 12.7. The number of aliphatic carboxylic acids is 1. The van der Waals surface area contributed by atoms with Crippen LogP contribution in [0.5, 0.6) is 5.75 Å². The second-order valence-electron chi connectivity index (χ2n) is 11.7. The molecule has 0 aliphatic heterocycles. The van der Waals surface area contributed by atoms with Gasteiger partial charge < -0.3 is 15.2 Å². The Kier molecular flexibility index (Phi) is 10.6. The molecule has 4 rings (SSSR count). The summed E-state index contributed by atoms with van der Waals surface area (Å²) in [5, 5.41) is 16.6. The van der Waals surface area contributed by atoms with Crippen LogP contribution in [0.25, 0.3) is 22.5 Å². The summed E-state index contributed by atoms with van der Waals surface area (Å²) in [6.07, 6.45) is 12.8. The Bertz CT molecular complexity index is 1470. The molecule has 2 aromatic heterocycles. The molecular formula is C34H41N5O4. The molecule has 9 nitrogen and oxygen atoms in total. The first kappa shape index (κ1) is 31.4. The van der Waals surface area contributed by atoms with Crippen molar-refractivity contribution < 1.29 is 19.4 Å². The average molecular weight is 584 g/mol. The van der Waals surface area contributed by atoms with E-state index in [0.29, 0.717) is 11.4 Å². The van der Waals surface area contributed by atoms with E-state index in [2.05, 4.69) is 27.3 Å². The summed E-state index contributed by atoms with van der Waals surface area (Å²) in [6, 6.07) is 14.2. The van der Waals surface area contributed by atoms with Gasteiger partial charge in [-0.3, -0.25) is 9.48 Å². The first-order chi connectivity index (χ1) is 20.6. The maximum Gasteiger partial charge on any atom is 0.326 e. The summed E-state index contributed by atoms with van der Waals surface area (Å²) >= 11 is 0. The predicted molar refractivity (Wildman–Crippen MR) is 167 cm³/mol. The zero-order valence-electron chi connectivity index (χ0n) is 25.4. The third kappa shape index (κ3) is 8.98. The van der Waals surface area contributed by atoms with Crippen LogP contribution in [0.2, 0.25) is 0 Å². The van der Waals surface area contributed by atoms with Crippen molar-refractivity contribution in [3.63, 3.8) is 0 Å². The third-order valence-electron chi connectivity index (χ3n) is 7.14. The summed E-state index contributed by atoms with van der Waals surface area (Å²) < 4.78 is 7.54. The monoisotopic (exact) mass is 583 g/mol. The molecular weight excluding hydrogens is 542 g/mol. The van der Waals surface area contributed by atoms with Crippen LogP contribution in [0, 0.1) is 0 Å². The molecule has 0 saturated heterocycles. The van der Waals surface area contributed by atoms with E-state index in [1.165, 1.54) is 31.9 Å². The molecule has 9 heteroatoms. The molecule has 0 fully saturated rings. The molecule has 1 unspecified atom stereocenters. The fourth-order valence-corrected chi connectivity index (χ4v) is 4.54. The highest BCUT2D eigenvalue weighted by molar-refractivity contribution is 5.96. The number of aromatic nitrogens is 4. The molecule has 43 heavy (non-hydrogen) atoms. The zero-order chi connectivity index (χ0) is 30.8. The van der Waals surface area contributed by atoms with E-state index in [1.54, 1.807) is 23.3 Å². The Morgan fingerprint density at radius 1 is 0.884 bits per heavy atom. The van der Waals surface area contributed by atoms with Gasteiger partial charge in [-0.25, -0.2) is 14.8 Å². The van der Waals surface area contributed by atoms with E-state index >= 15 is 0 Å². The van der Waals surface area contributed by atoms with Gasteiger partial charge in [0.25, 0.3) is 5.91 Å². The van der Waals surface area contributed by atoms with Crippen LogP contribution in [-0.2, 0) is 16.8 Å². The molecule has 0 aliphatic rings. The minimum absolute atomic E-state index is 0.132. The number of carbonyl (C=O) groups excluding carboxylic acids is 1. The largest absolute Gasteiger partial charge is 0.494 e. The molecule has 0 bridgehead atoms. The van der Waals surface area contributed by atoms with E-state index in [0.717, 1.165) is 41.0 Å². The number of unbranched alkanes of at least 4 members (excludes halogenated alkanes) is 4. The van der Waals surface area contributed by atoms with Crippen molar-refractivity contribution in [1.29, 1.82) is 0 Å². The predicted octanol–water partition coefficient (Wildman–Crippen LogP) is 6.54. The highest BCUT2D eigenvalue weighted by Crippen LogP contribution is 2.24. The molecule has 1 atom stereocenters. The number of hydrogen-bond acceptors (Lipinski definition) is 6. The number of carboxylic acid groups (broad SMARTS) is 1. The molecule has 2 heterocycles. The molecule has 1 amide bonds. The first-order valence-electron chi connectivity index (χ1n) is 14.9. The molecule has 0 saturated carbocycles. The summed E-state index contributed by atoms with van der Waals surface area (Å²) in [5.41, 5.74) is 3.51.